The van der Waals surface area contributed by atoms with E-state index >= 15 is 0 Å². The van der Waals surface area contributed by atoms with Gasteiger partial charge in [0.2, 0.25) is 0 Å². The summed E-state index contributed by atoms with van der Waals surface area (Å²) in [5, 5.41) is 15.7. The Hall–Kier alpha value is -3.24. The van der Waals surface area contributed by atoms with Gasteiger partial charge in [-0.3, -0.25) is 14.2 Å². The highest BCUT2D eigenvalue weighted by molar-refractivity contribution is 7.92. The Balaban J connectivity index is 2.13. The van der Waals surface area contributed by atoms with Gasteiger partial charge in [-0.25, -0.2) is 12.8 Å². The largest absolute Gasteiger partial charge is 0.395 e. The summed E-state index contributed by atoms with van der Waals surface area (Å²) >= 11 is 0. The molecule has 29 heavy (non-hydrogen) atoms. The van der Waals surface area contributed by atoms with Crippen LogP contribution in [0.1, 0.15) is 10.5 Å². The van der Waals surface area contributed by atoms with E-state index in [0.29, 0.717) is 5.56 Å². The van der Waals surface area contributed by atoms with Gasteiger partial charge in [-0.1, -0.05) is 18.2 Å². The molecule has 3 N–H and O–H groups in total. The van der Waals surface area contributed by atoms with Crippen molar-refractivity contribution in [1.82, 2.24) is 15.1 Å². The fourth-order valence-corrected chi connectivity index (χ4v) is 3.83. The predicted molar refractivity (Wildman–Crippen MR) is 105 cm³/mol. The van der Waals surface area contributed by atoms with Gasteiger partial charge >= 0.3 is 0 Å². The van der Waals surface area contributed by atoms with E-state index in [1.54, 1.807) is 18.2 Å². The zero-order valence-electron chi connectivity index (χ0n) is 15.5. The zero-order valence-corrected chi connectivity index (χ0v) is 16.3. The lowest BCUT2D eigenvalue weighted by atomic mass is 10.1. The van der Waals surface area contributed by atoms with Crippen LogP contribution < -0.4 is 10.0 Å². The topological polar surface area (TPSA) is 113 Å². The summed E-state index contributed by atoms with van der Waals surface area (Å²) in [5.74, 6) is -1.08. The molecular weight excluding hydrogens is 399 g/mol. The lowest BCUT2D eigenvalue weighted by Gasteiger charge is -2.11. The Morgan fingerprint density at radius 2 is 1.79 bits per heavy atom. The lowest BCUT2D eigenvalue weighted by Crippen LogP contribution is -2.29. The fraction of sp³-hybridized carbons (Fsp3) is 0.158. The van der Waals surface area contributed by atoms with Crippen LogP contribution in [0.25, 0.3) is 11.3 Å². The quantitative estimate of drug-likeness (QED) is 0.541. The molecule has 1 heterocycles. The summed E-state index contributed by atoms with van der Waals surface area (Å²) in [6.07, 6.45) is 0. The van der Waals surface area contributed by atoms with E-state index in [4.69, 9.17) is 5.11 Å². The first kappa shape index (κ1) is 20.5. The van der Waals surface area contributed by atoms with Crippen LogP contribution in [0.3, 0.4) is 0 Å². The number of halogens is 1. The number of aliphatic hydroxyl groups is 1. The SMILES string of the molecule is Cn1nc(-c2ccc(F)cc2)c(NS(=O)(=O)c2ccccc2)c1C(=O)NCCO. The number of rotatable bonds is 7. The minimum atomic E-state index is -4.02. The second kappa shape index (κ2) is 8.41. The highest BCUT2D eigenvalue weighted by Gasteiger charge is 2.27. The summed E-state index contributed by atoms with van der Waals surface area (Å²) in [6, 6.07) is 13.0. The van der Waals surface area contributed by atoms with Crippen LogP contribution in [-0.4, -0.2) is 42.4 Å². The number of anilines is 1. The molecule has 0 radical (unpaired) electrons. The minimum absolute atomic E-state index is 0.00984. The number of nitrogens with one attached hydrogen (secondary N) is 2. The number of carbonyl (C=O) groups excluding carboxylic acids is 1. The summed E-state index contributed by atoms with van der Waals surface area (Å²) in [7, 11) is -2.53. The molecular formula is C19H19FN4O4S. The van der Waals surface area contributed by atoms with Crippen LogP contribution in [-0.2, 0) is 17.1 Å². The molecule has 0 saturated carbocycles. The molecule has 0 aliphatic heterocycles. The van der Waals surface area contributed by atoms with E-state index in [2.05, 4.69) is 15.1 Å². The van der Waals surface area contributed by atoms with Gasteiger partial charge in [-0.2, -0.15) is 5.10 Å². The van der Waals surface area contributed by atoms with Crippen LogP contribution in [0.5, 0.6) is 0 Å². The molecule has 1 aromatic heterocycles. The van der Waals surface area contributed by atoms with Gasteiger partial charge in [0.15, 0.2) is 5.69 Å². The van der Waals surface area contributed by atoms with E-state index < -0.39 is 21.7 Å². The number of carbonyl (C=O) groups is 1. The summed E-state index contributed by atoms with van der Waals surface area (Å²) in [4.78, 5) is 12.6. The number of aliphatic hydroxyl groups excluding tert-OH is 1. The van der Waals surface area contributed by atoms with Crippen LogP contribution in [0, 0.1) is 5.82 Å². The summed E-state index contributed by atoms with van der Waals surface area (Å²) in [6.45, 7) is -0.291. The second-order valence-corrected chi connectivity index (χ2v) is 7.78. The van der Waals surface area contributed by atoms with Crippen LogP contribution in [0.15, 0.2) is 59.5 Å². The van der Waals surface area contributed by atoms with Gasteiger partial charge in [0.05, 0.1) is 11.5 Å². The Morgan fingerprint density at radius 3 is 2.41 bits per heavy atom. The molecule has 0 unspecified atom stereocenters. The predicted octanol–water partition coefficient (Wildman–Crippen LogP) is 1.75. The first-order valence-corrected chi connectivity index (χ1v) is 10.1. The zero-order chi connectivity index (χ0) is 21.0. The summed E-state index contributed by atoms with van der Waals surface area (Å²) < 4.78 is 42.7. The smallest absolute Gasteiger partial charge is 0.271 e. The summed E-state index contributed by atoms with van der Waals surface area (Å²) in [5.41, 5.74) is 0.505. The minimum Gasteiger partial charge on any atom is -0.395 e. The molecule has 0 aliphatic carbocycles. The highest BCUT2D eigenvalue weighted by atomic mass is 32.2. The molecule has 0 aliphatic rings. The maximum atomic E-state index is 13.3. The Bertz CT molecular complexity index is 1110. The van der Waals surface area contributed by atoms with Gasteiger partial charge in [0.1, 0.15) is 17.2 Å². The molecule has 2 aromatic carbocycles. The van der Waals surface area contributed by atoms with Crippen molar-refractivity contribution in [2.24, 2.45) is 7.05 Å². The second-order valence-electron chi connectivity index (χ2n) is 6.10. The Kier molecular flexibility index (Phi) is 5.95. The Morgan fingerprint density at radius 1 is 1.14 bits per heavy atom. The molecule has 1 amide bonds. The molecule has 0 spiro atoms. The van der Waals surface area contributed by atoms with Gasteiger partial charge in [0, 0.05) is 19.2 Å². The first-order chi connectivity index (χ1) is 13.8. The highest BCUT2D eigenvalue weighted by Crippen LogP contribution is 2.32. The first-order valence-electron chi connectivity index (χ1n) is 8.63. The van der Waals surface area contributed by atoms with Crippen LogP contribution >= 0.6 is 0 Å². The third-order valence-corrected chi connectivity index (χ3v) is 5.43. The van der Waals surface area contributed by atoms with Crippen molar-refractivity contribution < 1.29 is 22.7 Å². The van der Waals surface area contributed by atoms with E-state index in [-0.39, 0.29) is 35.1 Å². The van der Waals surface area contributed by atoms with E-state index in [1.165, 1.54) is 48.1 Å². The number of hydrogen-bond donors (Lipinski definition) is 3. The van der Waals surface area contributed by atoms with Gasteiger partial charge in [-0.15, -0.1) is 0 Å². The number of nitrogens with zero attached hydrogens (tertiary/aromatic N) is 2. The average Bonchev–Trinajstić information content (AvgIpc) is 3.02. The molecule has 3 rings (SSSR count). The fourth-order valence-electron chi connectivity index (χ4n) is 2.74. The van der Waals surface area contributed by atoms with E-state index in [9.17, 15) is 17.6 Å². The third kappa shape index (κ3) is 4.44. The van der Waals surface area contributed by atoms with Crippen LogP contribution in [0.2, 0.25) is 0 Å². The maximum absolute atomic E-state index is 13.3. The molecule has 3 aromatic rings. The number of hydrogen-bond acceptors (Lipinski definition) is 5. The van der Waals surface area contributed by atoms with Crippen molar-refractivity contribution in [2.75, 3.05) is 17.9 Å². The monoisotopic (exact) mass is 418 g/mol. The van der Waals surface area contributed by atoms with E-state index in [0.717, 1.165) is 0 Å². The van der Waals surface area contributed by atoms with E-state index in [1.807, 2.05) is 0 Å². The number of aromatic nitrogens is 2. The molecule has 0 bridgehead atoms. The van der Waals surface area contributed by atoms with Crippen molar-refractivity contribution in [2.45, 2.75) is 4.90 Å². The van der Waals surface area contributed by atoms with Gasteiger partial charge in [-0.05, 0) is 36.4 Å². The third-order valence-electron chi connectivity index (χ3n) is 4.07. The van der Waals surface area contributed by atoms with Crippen molar-refractivity contribution in [3.63, 3.8) is 0 Å². The standard InChI is InChI=1S/C19H19FN4O4S/c1-24-18(19(26)21-11-12-25)17(16(22-24)13-7-9-14(20)10-8-13)23-29(27,28)15-5-3-2-4-6-15/h2-10,23,25H,11-12H2,1H3,(H,21,26). The maximum Gasteiger partial charge on any atom is 0.271 e. The lowest BCUT2D eigenvalue weighted by molar-refractivity contribution is 0.0936. The van der Waals surface area contributed by atoms with Crippen LogP contribution in [0.4, 0.5) is 10.1 Å². The normalized spacial score (nSPS) is 11.3. The molecule has 8 nitrogen and oxygen atoms in total. The molecule has 0 atom stereocenters. The number of benzene rings is 2. The van der Waals surface area contributed by atoms with Crippen molar-refractivity contribution in [1.29, 1.82) is 0 Å². The van der Waals surface area contributed by atoms with Gasteiger partial charge < -0.3 is 10.4 Å². The molecule has 0 saturated heterocycles. The number of sulfonamides is 1. The molecule has 0 fully saturated rings. The van der Waals surface area contributed by atoms with Crippen molar-refractivity contribution in [3.05, 3.63) is 66.1 Å². The molecule has 152 valence electrons. The number of amides is 1. The average molecular weight is 418 g/mol. The number of aryl methyl sites for hydroxylation is 1. The van der Waals surface area contributed by atoms with Crippen molar-refractivity contribution >= 4 is 21.6 Å². The Labute approximate surface area is 167 Å². The van der Waals surface area contributed by atoms with Gasteiger partial charge in [0.25, 0.3) is 15.9 Å². The van der Waals surface area contributed by atoms with Crippen molar-refractivity contribution in [3.8, 4) is 11.3 Å². The molecule has 10 heteroatoms.